The molecule has 2 rings (SSSR count). The third-order valence-corrected chi connectivity index (χ3v) is 3.61. The van der Waals surface area contributed by atoms with Crippen molar-refractivity contribution in [3.63, 3.8) is 0 Å². The Labute approximate surface area is 129 Å². The van der Waals surface area contributed by atoms with Gasteiger partial charge in [-0.25, -0.2) is 0 Å². The summed E-state index contributed by atoms with van der Waals surface area (Å²) in [6.07, 6.45) is 0.741. The van der Waals surface area contributed by atoms with E-state index >= 15 is 0 Å². The van der Waals surface area contributed by atoms with E-state index in [9.17, 15) is 4.79 Å². The molecule has 1 amide bonds. The van der Waals surface area contributed by atoms with E-state index in [1.807, 2.05) is 0 Å². The lowest BCUT2D eigenvalue weighted by Crippen LogP contribution is -2.30. The number of nitrogens with two attached hydrogens (primary N) is 1. The number of benzene rings is 1. The van der Waals surface area contributed by atoms with E-state index in [1.54, 1.807) is 12.1 Å². The third kappa shape index (κ3) is 4.02. The zero-order chi connectivity index (χ0) is 15.4. The minimum absolute atomic E-state index is 0.121. The van der Waals surface area contributed by atoms with E-state index in [-0.39, 0.29) is 11.8 Å². The maximum absolute atomic E-state index is 12.3. The van der Waals surface area contributed by atoms with Crippen LogP contribution in [-0.4, -0.2) is 25.7 Å². The van der Waals surface area contributed by atoms with Gasteiger partial charge in [-0.1, -0.05) is 25.4 Å². The number of nitrogens with one attached hydrogen (secondary N) is 1. The van der Waals surface area contributed by atoms with E-state index in [1.165, 1.54) is 0 Å². The first kappa shape index (κ1) is 15.9. The Bertz CT molecular complexity index is 520. The molecule has 3 N–H and O–H groups in total. The highest BCUT2D eigenvalue weighted by Crippen LogP contribution is 2.38. The van der Waals surface area contributed by atoms with Crippen LogP contribution in [0.4, 0.5) is 5.69 Å². The Morgan fingerprint density at radius 2 is 1.95 bits per heavy atom. The second kappa shape index (κ2) is 7.00. The van der Waals surface area contributed by atoms with Gasteiger partial charge in [-0.15, -0.1) is 0 Å². The Morgan fingerprint density at radius 1 is 1.33 bits per heavy atom. The van der Waals surface area contributed by atoms with Crippen LogP contribution in [0.3, 0.4) is 0 Å². The standard InChI is InChI=1S/C15H21ClN2O3/c1-9(2)5-10(8-17)15(19)18-12-7-14-13(6-11(12)16)20-3-4-21-14/h6-7,9-10H,3-5,8,17H2,1-2H3,(H,18,19). The summed E-state index contributed by atoms with van der Waals surface area (Å²) in [4.78, 5) is 12.3. The van der Waals surface area contributed by atoms with Crippen molar-refractivity contribution >= 4 is 23.2 Å². The lowest BCUT2D eigenvalue weighted by atomic mass is 9.96. The van der Waals surface area contributed by atoms with Gasteiger partial charge in [0.15, 0.2) is 11.5 Å². The summed E-state index contributed by atoms with van der Waals surface area (Å²) < 4.78 is 10.9. The molecule has 0 aliphatic carbocycles. The predicted molar refractivity (Wildman–Crippen MR) is 83.1 cm³/mol. The first-order chi connectivity index (χ1) is 10.0. The molecule has 0 bridgehead atoms. The maximum atomic E-state index is 12.3. The Kier molecular flexibility index (Phi) is 5.31. The fourth-order valence-electron chi connectivity index (χ4n) is 2.27. The van der Waals surface area contributed by atoms with E-state index in [4.69, 9.17) is 26.8 Å². The number of anilines is 1. The number of hydrogen-bond acceptors (Lipinski definition) is 4. The largest absolute Gasteiger partial charge is 0.486 e. The Hall–Kier alpha value is -1.46. The number of halogens is 1. The molecule has 0 saturated carbocycles. The van der Waals surface area contributed by atoms with Gasteiger partial charge < -0.3 is 20.5 Å². The van der Waals surface area contributed by atoms with Crippen molar-refractivity contribution in [3.8, 4) is 11.5 Å². The molecular weight excluding hydrogens is 292 g/mol. The molecule has 21 heavy (non-hydrogen) atoms. The van der Waals surface area contributed by atoms with Crippen LogP contribution in [0.5, 0.6) is 11.5 Å². The Morgan fingerprint density at radius 3 is 2.52 bits per heavy atom. The highest BCUT2D eigenvalue weighted by Gasteiger charge is 2.21. The molecule has 0 radical (unpaired) electrons. The molecular formula is C15H21ClN2O3. The van der Waals surface area contributed by atoms with E-state index in [0.717, 1.165) is 6.42 Å². The van der Waals surface area contributed by atoms with Gasteiger partial charge in [0.25, 0.3) is 0 Å². The summed E-state index contributed by atoms with van der Waals surface area (Å²) in [7, 11) is 0. The first-order valence-electron chi connectivity index (χ1n) is 7.11. The van der Waals surface area contributed by atoms with Gasteiger partial charge in [0.2, 0.25) is 5.91 Å². The molecule has 1 aliphatic heterocycles. The number of carbonyl (C=O) groups excluding carboxylic acids is 1. The summed E-state index contributed by atoms with van der Waals surface area (Å²) >= 11 is 6.18. The number of carbonyl (C=O) groups is 1. The van der Waals surface area contributed by atoms with Crippen LogP contribution < -0.4 is 20.5 Å². The number of amides is 1. The summed E-state index contributed by atoms with van der Waals surface area (Å²) in [5.74, 6) is 1.25. The van der Waals surface area contributed by atoms with Crippen molar-refractivity contribution in [1.82, 2.24) is 0 Å². The second-order valence-electron chi connectivity index (χ2n) is 5.53. The molecule has 1 heterocycles. The second-order valence-corrected chi connectivity index (χ2v) is 5.93. The molecule has 1 aromatic carbocycles. The zero-order valence-corrected chi connectivity index (χ0v) is 13.1. The smallest absolute Gasteiger partial charge is 0.228 e. The summed E-state index contributed by atoms with van der Waals surface area (Å²) in [5.41, 5.74) is 6.21. The molecule has 1 unspecified atom stereocenters. The average Bonchev–Trinajstić information content (AvgIpc) is 2.45. The molecule has 6 heteroatoms. The zero-order valence-electron chi connectivity index (χ0n) is 12.3. The van der Waals surface area contributed by atoms with Crippen molar-refractivity contribution < 1.29 is 14.3 Å². The quantitative estimate of drug-likeness (QED) is 0.876. The van der Waals surface area contributed by atoms with Crippen LogP contribution in [-0.2, 0) is 4.79 Å². The molecule has 0 fully saturated rings. The molecule has 0 saturated heterocycles. The van der Waals surface area contributed by atoms with Crippen molar-refractivity contribution in [3.05, 3.63) is 17.2 Å². The molecule has 1 atom stereocenters. The first-order valence-corrected chi connectivity index (χ1v) is 7.49. The number of hydrogen-bond donors (Lipinski definition) is 2. The lowest BCUT2D eigenvalue weighted by Gasteiger charge is -2.21. The number of fused-ring (bicyclic) bond motifs is 1. The SMILES string of the molecule is CC(C)CC(CN)C(=O)Nc1cc2c(cc1Cl)OCCO2. The number of rotatable bonds is 5. The highest BCUT2D eigenvalue weighted by atomic mass is 35.5. The number of ether oxygens (including phenoxy) is 2. The summed E-state index contributed by atoms with van der Waals surface area (Å²) in [6.45, 7) is 5.42. The minimum atomic E-state index is -0.228. The summed E-state index contributed by atoms with van der Waals surface area (Å²) in [5, 5.41) is 3.25. The van der Waals surface area contributed by atoms with Crippen molar-refractivity contribution in [2.24, 2.45) is 17.6 Å². The van der Waals surface area contributed by atoms with Crippen LogP contribution in [0.15, 0.2) is 12.1 Å². The predicted octanol–water partition coefficient (Wildman–Crippen LogP) is 2.67. The van der Waals surface area contributed by atoms with E-state index in [0.29, 0.717) is 47.9 Å². The minimum Gasteiger partial charge on any atom is -0.486 e. The molecule has 0 spiro atoms. The van der Waals surface area contributed by atoms with Crippen molar-refractivity contribution in [1.29, 1.82) is 0 Å². The van der Waals surface area contributed by atoms with Gasteiger partial charge in [-0.3, -0.25) is 4.79 Å². The van der Waals surface area contributed by atoms with Crippen LogP contribution in [0.25, 0.3) is 0 Å². The van der Waals surface area contributed by atoms with Gasteiger partial charge in [0.1, 0.15) is 13.2 Å². The average molecular weight is 313 g/mol. The van der Waals surface area contributed by atoms with Gasteiger partial charge in [0, 0.05) is 18.7 Å². The van der Waals surface area contributed by atoms with Crippen LogP contribution in [0.1, 0.15) is 20.3 Å². The van der Waals surface area contributed by atoms with Crippen LogP contribution in [0, 0.1) is 11.8 Å². The summed E-state index contributed by atoms with van der Waals surface area (Å²) in [6, 6.07) is 3.35. The molecule has 0 aromatic heterocycles. The van der Waals surface area contributed by atoms with Gasteiger partial charge in [-0.2, -0.15) is 0 Å². The molecule has 1 aromatic rings. The van der Waals surface area contributed by atoms with E-state index < -0.39 is 0 Å². The fraction of sp³-hybridized carbons (Fsp3) is 0.533. The van der Waals surface area contributed by atoms with Crippen molar-refractivity contribution in [2.75, 3.05) is 25.1 Å². The van der Waals surface area contributed by atoms with E-state index in [2.05, 4.69) is 19.2 Å². The molecule has 1 aliphatic rings. The third-order valence-electron chi connectivity index (χ3n) is 3.30. The maximum Gasteiger partial charge on any atom is 0.228 e. The lowest BCUT2D eigenvalue weighted by molar-refractivity contribution is -0.120. The Balaban J connectivity index is 2.13. The molecule has 5 nitrogen and oxygen atoms in total. The van der Waals surface area contributed by atoms with Crippen molar-refractivity contribution in [2.45, 2.75) is 20.3 Å². The van der Waals surface area contributed by atoms with Crippen LogP contribution in [0.2, 0.25) is 5.02 Å². The molecule has 116 valence electrons. The van der Waals surface area contributed by atoms with Gasteiger partial charge in [0.05, 0.1) is 16.6 Å². The normalized spacial score (nSPS) is 14.9. The topological polar surface area (TPSA) is 73.6 Å². The monoisotopic (exact) mass is 312 g/mol. The van der Waals surface area contributed by atoms with Crippen LogP contribution >= 0.6 is 11.6 Å². The highest BCUT2D eigenvalue weighted by molar-refractivity contribution is 6.34. The fourth-order valence-corrected chi connectivity index (χ4v) is 2.47. The van der Waals surface area contributed by atoms with Gasteiger partial charge >= 0.3 is 0 Å². The van der Waals surface area contributed by atoms with Gasteiger partial charge in [-0.05, 0) is 12.3 Å².